The Labute approximate surface area is 109 Å². The topological polar surface area (TPSA) is 51.2 Å². The van der Waals surface area contributed by atoms with Crippen LogP contribution in [0.1, 0.15) is 25.8 Å². The Bertz CT molecular complexity index is 352. The lowest BCUT2D eigenvalue weighted by molar-refractivity contribution is -0.143. The van der Waals surface area contributed by atoms with Gasteiger partial charge in [0.15, 0.2) is 0 Å². The van der Waals surface area contributed by atoms with E-state index in [1.165, 1.54) is 7.11 Å². The van der Waals surface area contributed by atoms with E-state index in [2.05, 4.69) is 24.1 Å². The highest BCUT2D eigenvalue weighted by Crippen LogP contribution is 2.06. The van der Waals surface area contributed by atoms with Gasteiger partial charge < -0.3 is 10.1 Å². The highest BCUT2D eigenvalue weighted by atomic mass is 16.5. The molecule has 0 aromatic carbocycles. The maximum absolute atomic E-state index is 11.6. The number of rotatable bonds is 7. The third kappa shape index (κ3) is 5.27. The van der Waals surface area contributed by atoms with Gasteiger partial charge in [0, 0.05) is 18.9 Å². The predicted molar refractivity (Wildman–Crippen MR) is 71.2 cm³/mol. The zero-order valence-corrected chi connectivity index (χ0v) is 11.3. The molecule has 18 heavy (non-hydrogen) atoms. The smallest absolute Gasteiger partial charge is 0.322 e. The van der Waals surface area contributed by atoms with Crippen LogP contribution in [0.5, 0.6) is 0 Å². The zero-order chi connectivity index (χ0) is 13.4. The standard InChI is InChI=1S/C14H22N2O2/c1-11(2)9-13(14(17)18-3)16-8-6-12-5-4-7-15-10-12/h4-5,7,10-11,13,16H,6,8-9H2,1-3H3. The first-order valence-electron chi connectivity index (χ1n) is 6.33. The quantitative estimate of drug-likeness (QED) is 0.750. The van der Waals surface area contributed by atoms with E-state index in [9.17, 15) is 4.79 Å². The molecule has 1 aromatic rings. The molecule has 1 atom stereocenters. The van der Waals surface area contributed by atoms with Crippen LogP contribution in [0.4, 0.5) is 0 Å². The second-order valence-electron chi connectivity index (χ2n) is 4.77. The second-order valence-corrected chi connectivity index (χ2v) is 4.77. The number of nitrogens with one attached hydrogen (secondary N) is 1. The van der Waals surface area contributed by atoms with Crippen molar-refractivity contribution in [2.75, 3.05) is 13.7 Å². The summed E-state index contributed by atoms with van der Waals surface area (Å²) >= 11 is 0. The Morgan fingerprint density at radius 2 is 2.28 bits per heavy atom. The molecular weight excluding hydrogens is 228 g/mol. The number of methoxy groups -OCH3 is 1. The largest absolute Gasteiger partial charge is 0.468 e. The Kier molecular flexibility index (Phi) is 6.36. The van der Waals surface area contributed by atoms with Gasteiger partial charge in [-0.3, -0.25) is 9.78 Å². The number of pyridine rings is 1. The summed E-state index contributed by atoms with van der Waals surface area (Å²) in [5.41, 5.74) is 1.16. The van der Waals surface area contributed by atoms with Gasteiger partial charge in [-0.2, -0.15) is 0 Å². The van der Waals surface area contributed by atoms with E-state index in [0.29, 0.717) is 5.92 Å². The normalized spacial score (nSPS) is 12.4. The Balaban J connectivity index is 2.40. The van der Waals surface area contributed by atoms with E-state index in [-0.39, 0.29) is 12.0 Å². The van der Waals surface area contributed by atoms with Crippen molar-refractivity contribution in [1.29, 1.82) is 0 Å². The fourth-order valence-electron chi connectivity index (χ4n) is 1.81. The summed E-state index contributed by atoms with van der Waals surface area (Å²) in [4.78, 5) is 15.7. The van der Waals surface area contributed by atoms with Crippen LogP contribution in [0, 0.1) is 5.92 Å². The molecule has 0 aliphatic rings. The maximum Gasteiger partial charge on any atom is 0.322 e. The van der Waals surface area contributed by atoms with Crippen LogP contribution >= 0.6 is 0 Å². The minimum Gasteiger partial charge on any atom is -0.468 e. The summed E-state index contributed by atoms with van der Waals surface area (Å²) in [7, 11) is 1.43. The molecule has 1 aromatic heterocycles. The average Bonchev–Trinajstić information content (AvgIpc) is 2.37. The highest BCUT2D eigenvalue weighted by Gasteiger charge is 2.19. The second kappa shape index (κ2) is 7.82. The van der Waals surface area contributed by atoms with Gasteiger partial charge >= 0.3 is 5.97 Å². The Morgan fingerprint density at radius 3 is 2.83 bits per heavy atom. The Hall–Kier alpha value is -1.42. The van der Waals surface area contributed by atoms with Crippen LogP contribution in [0.25, 0.3) is 0 Å². The average molecular weight is 250 g/mol. The molecule has 4 nitrogen and oxygen atoms in total. The third-order valence-electron chi connectivity index (χ3n) is 2.72. The molecule has 0 bridgehead atoms. The summed E-state index contributed by atoms with van der Waals surface area (Å²) < 4.78 is 4.80. The van der Waals surface area contributed by atoms with Crippen LogP contribution in [0.2, 0.25) is 0 Å². The monoisotopic (exact) mass is 250 g/mol. The van der Waals surface area contributed by atoms with Gasteiger partial charge in [0.05, 0.1) is 7.11 Å². The summed E-state index contributed by atoms with van der Waals surface area (Å²) in [5, 5.41) is 3.25. The van der Waals surface area contributed by atoms with Crippen molar-refractivity contribution < 1.29 is 9.53 Å². The van der Waals surface area contributed by atoms with Gasteiger partial charge in [0.1, 0.15) is 6.04 Å². The highest BCUT2D eigenvalue weighted by molar-refractivity contribution is 5.75. The van der Waals surface area contributed by atoms with Crippen molar-refractivity contribution in [2.45, 2.75) is 32.7 Å². The summed E-state index contributed by atoms with van der Waals surface area (Å²) in [6.07, 6.45) is 5.25. The van der Waals surface area contributed by atoms with Gasteiger partial charge in [-0.1, -0.05) is 19.9 Å². The first-order chi connectivity index (χ1) is 8.63. The lowest BCUT2D eigenvalue weighted by Crippen LogP contribution is -2.39. The van der Waals surface area contributed by atoms with Crippen molar-refractivity contribution in [3.05, 3.63) is 30.1 Å². The van der Waals surface area contributed by atoms with Crippen molar-refractivity contribution in [3.63, 3.8) is 0 Å². The molecule has 1 N–H and O–H groups in total. The van der Waals surface area contributed by atoms with Crippen molar-refractivity contribution in [1.82, 2.24) is 10.3 Å². The molecule has 0 amide bonds. The molecule has 100 valence electrons. The van der Waals surface area contributed by atoms with Crippen LogP contribution in [0.3, 0.4) is 0 Å². The zero-order valence-electron chi connectivity index (χ0n) is 11.3. The van der Waals surface area contributed by atoms with Crippen LogP contribution in [-0.2, 0) is 16.0 Å². The van der Waals surface area contributed by atoms with Gasteiger partial charge in [0.2, 0.25) is 0 Å². The Morgan fingerprint density at radius 1 is 1.50 bits per heavy atom. The number of carbonyl (C=O) groups excluding carboxylic acids is 1. The first-order valence-corrected chi connectivity index (χ1v) is 6.33. The van der Waals surface area contributed by atoms with Gasteiger partial charge in [-0.15, -0.1) is 0 Å². The summed E-state index contributed by atoms with van der Waals surface area (Å²) in [6.45, 7) is 4.94. The molecule has 0 aliphatic carbocycles. The molecule has 0 radical (unpaired) electrons. The van der Waals surface area contributed by atoms with E-state index in [4.69, 9.17) is 4.74 Å². The van der Waals surface area contributed by atoms with Gasteiger partial charge in [0.25, 0.3) is 0 Å². The fraction of sp³-hybridized carbons (Fsp3) is 0.571. The number of hydrogen-bond acceptors (Lipinski definition) is 4. The molecule has 0 aliphatic heterocycles. The van der Waals surface area contributed by atoms with Crippen molar-refractivity contribution in [2.24, 2.45) is 5.92 Å². The van der Waals surface area contributed by atoms with Gasteiger partial charge in [-0.25, -0.2) is 0 Å². The summed E-state index contributed by atoms with van der Waals surface area (Å²) in [5.74, 6) is 0.273. The maximum atomic E-state index is 11.6. The number of esters is 1. The third-order valence-corrected chi connectivity index (χ3v) is 2.72. The minimum absolute atomic E-state index is 0.185. The number of hydrogen-bond donors (Lipinski definition) is 1. The number of aromatic nitrogens is 1. The van der Waals surface area contributed by atoms with E-state index in [1.54, 1.807) is 6.20 Å². The number of carbonyl (C=O) groups is 1. The minimum atomic E-state index is -0.216. The van der Waals surface area contributed by atoms with E-state index in [0.717, 1.165) is 24.9 Å². The van der Waals surface area contributed by atoms with E-state index in [1.807, 2.05) is 18.3 Å². The van der Waals surface area contributed by atoms with Crippen LogP contribution in [0.15, 0.2) is 24.5 Å². The number of ether oxygens (including phenoxy) is 1. The van der Waals surface area contributed by atoms with Crippen molar-refractivity contribution >= 4 is 5.97 Å². The first kappa shape index (κ1) is 14.6. The molecule has 1 unspecified atom stereocenters. The fourth-order valence-corrected chi connectivity index (χ4v) is 1.81. The molecule has 4 heteroatoms. The molecular formula is C14H22N2O2. The van der Waals surface area contributed by atoms with E-state index >= 15 is 0 Å². The predicted octanol–water partition coefficient (Wildman–Crippen LogP) is 1.80. The molecule has 1 heterocycles. The van der Waals surface area contributed by atoms with Crippen molar-refractivity contribution in [3.8, 4) is 0 Å². The van der Waals surface area contributed by atoms with Gasteiger partial charge in [-0.05, 0) is 30.4 Å². The summed E-state index contributed by atoms with van der Waals surface area (Å²) in [6, 6.07) is 3.73. The van der Waals surface area contributed by atoms with Crippen LogP contribution < -0.4 is 5.32 Å². The lowest BCUT2D eigenvalue weighted by atomic mass is 10.0. The SMILES string of the molecule is COC(=O)C(CC(C)C)NCCc1cccnc1. The molecule has 0 saturated heterocycles. The molecule has 0 spiro atoms. The van der Waals surface area contributed by atoms with E-state index < -0.39 is 0 Å². The number of nitrogens with zero attached hydrogens (tertiary/aromatic N) is 1. The lowest BCUT2D eigenvalue weighted by Gasteiger charge is -2.18. The molecule has 0 saturated carbocycles. The van der Waals surface area contributed by atoms with Crippen LogP contribution in [-0.4, -0.2) is 30.6 Å². The molecule has 1 rings (SSSR count). The molecule has 0 fully saturated rings.